The van der Waals surface area contributed by atoms with Gasteiger partial charge in [0, 0.05) is 6.04 Å². The molecule has 112 valence electrons. The lowest BCUT2D eigenvalue weighted by atomic mass is 10.0. The van der Waals surface area contributed by atoms with E-state index in [1.54, 1.807) is 6.07 Å². The maximum absolute atomic E-state index is 13.5. The molecule has 1 atom stereocenters. The molecule has 0 aliphatic rings. The van der Waals surface area contributed by atoms with Crippen molar-refractivity contribution in [2.24, 2.45) is 0 Å². The van der Waals surface area contributed by atoms with Crippen molar-refractivity contribution in [1.29, 1.82) is 0 Å². The van der Waals surface area contributed by atoms with Crippen LogP contribution in [0.3, 0.4) is 0 Å². The average molecular weight is 285 g/mol. The zero-order valence-electron chi connectivity index (χ0n) is 12.9. The highest BCUT2D eigenvalue weighted by atomic mass is 19.1. The molecule has 1 N–H and O–H groups in total. The summed E-state index contributed by atoms with van der Waals surface area (Å²) in [5.41, 5.74) is 3.49. The van der Waals surface area contributed by atoms with Gasteiger partial charge < -0.3 is 5.32 Å². The van der Waals surface area contributed by atoms with Gasteiger partial charge in [-0.1, -0.05) is 48.0 Å². The van der Waals surface area contributed by atoms with E-state index in [1.165, 1.54) is 17.2 Å². The molecule has 0 spiro atoms. The van der Waals surface area contributed by atoms with E-state index >= 15 is 0 Å². The average Bonchev–Trinajstić information content (AvgIpc) is 2.47. The van der Waals surface area contributed by atoms with Crippen LogP contribution in [0.1, 0.15) is 30.0 Å². The van der Waals surface area contributed by atoms with Crippen molar-refractivity contribution in [3.8, 4) is 0 Å². The molecule has 0 fully saturated rings. The highest BCUT2D eigenvalue weighted by molar-refractivity contribution is 5.22. The molecule has 0 saturated carbocycles. The second-order valence-corrected chi connectivity index (χ2v) is 5.72. The molecule has 1 unspecified atom stereocenters. The van der Waals surface area contributed by atoms with Crippen LogP contribution in [0.4, 0.5) is 4.39 Å². The van der Waals surface area contributed by atoms with Crippen LogP contribution in [0.25, 0.3) is 0 Å². The van der Waals surface area contributed by atoms with Crippen molar-refractivity contribution in [1.82, 2.24) is 5.32 Å². The lowest BCUT2D eigenvalue weighted by Gasteiger charge is -2.14. The van der Waals surface area contributed by atoms with Crippen LogP contribution in [0.2, 0.25) is 0 Å². The molecule has 1 nitrogen and oxygen atoms in total. The summed E-state index contributed by atoms with van der Waals surface area (Å²) in [6.07, 6.45) is 2.91. The van der Waals surface area contributed by atoms with Gasteiger partial charge in [0.15, 0.2) is 0 Å². The molecule has 0 radical (unpaired) electrons. The van der Waals surface area contributed by atoms with Crippen LogP contribution in [0, 0.1) is 12.7 Å². The fourth-order valence-electron chi connectivity index (χ4n) is 2.51. The third kappa shape index (κ3) is 5.31. The first-order valence-corrected chi connectivity index (χ1v) is 7.67. The lowest BCUT2D eigenvalue weighted by Crippen LogP contribution is -2.28. The Labute approximate surface area is 127 Å². The van der Waals surface area contributed by atoms with Crippen molar-refractivity contribution < 1.29 is 4.39 Å². The van der Waals surface area contributed by atoms with Crippen LogP contribution < -0.4 is 5.32 Å². The highest BCUT2D eigenvalue weighted by Gasteiger charge is 2.04. The summed E-state index contributed by atoms with van der Waals surface area (Å²) in [5, 5.41) is 3.48. The maximum Gasteiger partial charge on any atom is 0.126 e. The summed E-state index contributed by atoms with van der Waals surface area (Å²) < 4.78 is 13.5. The molecule has 2 aromatic carbocycles. The molecule has 0 aromatic heterocycles. The smallest absolute Gasteiger partial charge is 0.126 e. The van der Waals surface area contributed by atoms with Crippen molar-refractivity contribution in [3.05, 3.63) is 71.0 Å². The van der Waals surface area contributed by atoms with Crippen molar-refractivity contribution >= 4 is 0 Å². The Kier molecular flexibility index (Phi) is 5.94. The monoisotopic (exact) mass is 285 g/mol. The van der Waals surface area contributed by atoms with Crippen LogP contribution in [-0.4, -0.2) is 12.6 Å². The van der Waals surface area contributed by atoms with E-state index < -0.39 is 0 Å². The Morgan fingerprint density at radius 3 is 2.62 bits per heavy atom. The normalized spacial score (nSPS) is 12.3. The SMILES string of the molecule is Cc1cccc(CCC(C)NCCc2ccccc2F)c1. The number of benzene rings is 2. The molecule has 0 saturated heterocycles. The fraction of sp³-hybridized carbons (Fsp3) is 0.368. The maximum atomic E-state index is 13.5. The zero-order valence-corrected chi connectivity index (χ0v) is 12.9. The molecule has 2 aromatic rings. The van der Waals surface area contributed by atoms with Crippen LogP contribution >= 0.6 is 0 Å². The van der Waals surface area contributed by atoms with Crippen LogP contribution in [0.5, 0.6) is 0 Å². The number of hydrogen-bond donors (Lipinski definition) is 1. The minimum atomic E-state index is -0.105. The summed E-state index contributed by atoms with van der Waals surface area (Å²) >= 11 is 0. The minimum absolute atomic E-state index is 0.105. The number of halogens is 1. The van der Waals surface area contributed by atoms with Gasteiger partial charge in [0.1, 0.15) is 5.82 Å². The summed E-state index contributed by atoms with van der Waals surface area (Å²) in [6.45, 7) is 5.13. The van der Waals surface area contributed by atoms with Gasteiger partial charge in [-0.15, -0.1) is 0 Å². The first-order chi connectivity index (χ1) is 10.1. The predicted octanol–water partition coefficient (Wildman–Crippen LogP) is 4.29. The first-order valence-electron chi connectivity index (χ1n) is 7.67. The Hall–Kier alpha value is -1.67. The van der Waals surface area contributed by atoms with Gasteiger partial charge in [-0.3, -0.25) is 0 Å². The minimum Gasteiger partial charge on any atom is -0.314 e. The summed E-state index contributed by atoms with van der Waals surface area (Å²) in [4.78, 5) is 0. The van der Waals surface area contributed by atoms with Crippen molar-refractivity contribution in [2.45, 2.75) is 39.2 Å². The van der Waals surface area contributed by atoms with Gasteiger partial charge >= 0.3 is 0 Å². The molecule has 21 heavy (non-hydrogen) atoms. The third-order valence-electron chi connectivity index (χ3n) is 3.79. The van der Waals surface area contributed by atoms with Gasteiger partial charge in [0.25, 0.3) is 0 Å². The van der Waals surface area contributed by atoms with Crippen LogP contribution in [-0.2, 0) is 12.8 Å². The number of rotatable bonds is 7. The summed E-state index contributed by atoms with van der Waals surface area (Å²) in [6, 6.07) is 16.1. The van der Waals surface area contributed by atoms with E-state index in [4.69, 9.17) is 0 Å². The van der Waals surface area contributed by atoms with Gasteiger partial charge in [-0.25, -0.2) is 4.39 Å². The van der Waals surface area contributed by atoms with E-state index in [1.807, 2.05) is 12.1 Å². The first kappa shape index (κ1) is 15.7. The predicted molar refractivity (Wildman–Crippen MR) is 87.1 cm³/mol. The van der Waals surface area contributed by atoms with E-state index in [0.29, 0.717) is 6.04 Å². The molecule has 0 heterocycles. The van der Waals surface area contributed by atoms with Crippen LogP contribution in [0.15, 0.2) is 48.5 Å². The Balaban J connectivity index is 1.70. The summed E-state index contributed by atoms with van der Waals surface area (Å²) in [7, 11) is 0. The number of aryl methyl sites for hydroxylation is 2. The fourth-order valence-corrected chi connectivity index (χ4v) is 2.51. The second-order valence-electron chi connectivity index (χ2n) is 5.72. The molecular weight excluding hydrogens is 261 g/mol. The van der Waals surface area contributed by atoms with E-state index in [-0.39, 0.29) is 5.82 Å². The molecule has 0 aliphatic carbocycles. The topological polar surface area (TPSA) is 12.0 Å². The quantitative estimate of drug-likeness (QED) is 0.800. The lowest BCUT2D eigenvalue weighted by molar-refractivity contribution is 0.512. The standard InChI is InChI=1S/C19H24FN/c1-15-6-5-7-17(14-15)11-10-16(2)21-13-12-18-8-3-4-9-19(18)20/h3-9,14,16,21H,10-13H2,1-2H3. The van der Waals surface area contributed by atoms with E-state index in [9.17, 15) is 4.39 Å². The largest absolute Gasteiger partial charge is 0.314 e. The van der Waals surface area contributed by atoms with Gasteiger partial charge in [-0.05, 0) is 56.8 Å². The summed E-state index contributed by atoms with van der Waals surface area (Å²) in [5.74, 6) is -0.105. The Morgan fingerprint density at radius 2 is 1.86 bits per heavy atom. The highest BCUT2D eigenvalue weighted by Crippen LogP contribution is 2.09. The molecule has 2 rings (SSSR count). The van der Waals surface area contributed by atoms with Crippen molar-refractivity contribution in [3.63, 3.8) is 0 Å². The van der Waals surface area contributed by atoms with Crippen molar-refractivity contribution in [2.75, 3.05) is 6.54 Å². The van der Waals surface area contributed by atoms with Gasteiger partial charge in [-0.2, -0.15) is 0 Å². The molecular formula is C19H24FN. The molecule has 0 amide bonds. The Morgan fingerprint density at radius 1 is 1.05 bits per heavy atom. The number of hydrogen-bond acceptors (Lipinski definition) is 1. The molecule has 2 heteroatoms. The van der Waals surface area contributed by atoms with Gasteiger partial charge in [0.2, 0.25) is 0 Å². The van der Waals surface area contributed by atoms with E-state index in [0.717, 1.165) is 31.4 Å². The second kappa shape index (κ2) is 7.94. The molecule has 0 aliphatic heterocycles. The number of nitrogens with one attached hydrogen (secondary N) is 1. The third-order valence-corrected chi connectivity index (χ3v) is 3.79. The molecule has 0 bridgehead atoms. The van der Waals surface area contributed by atoms with Gasteiger partial charge in [0.05, 0.1) is 0 Å². The Bertz CT molecular complexity index is 565. The van der Waals surface area contributed by atoms with E-state index in [2.05, 4.69) is 43.4 Å². The zero-order chi connectivity index (χ0) is 15.1.